The van der Waals surface area contributed by atoms with Crippen molar-refractivity contribution in [1.29, 1.82) is 5.26 Å². The summed E-state index contributed by atoms with van der Waals surface area (Å²) >= 11 is 0. The minimum Gasteiger partial charge on any atom is -0.497 e. The highest BCUT2D eigenvalue weighted by Crippen LogP contribution is 2.24. The Hall–Kier alpha value is -2.48. The predicted molar refractivity (Wildman–Crippen MR) is 69.8 cm³/mol. The van der Waals surface area contributed by atoms with Gasteiger partial charge in [0, 0.05) is 6.07 Å². The van der Waals surface area contributed by atoms with Gasteiger partial charge in [0.2, 0.25) is 0 Å². The average Bonchev–Trinajstić information content (AvgIpc) is 2.44. The number of carbonyl (C=O) groups is 1. The van der Waals surface area contributed by atoms with Crippen molar-refractivity contribution in [3.05, 3.63) is 29.3 Å². The van der Waals surface area contributed by atoms with Crippen molar-refractivity contribution < 1.29 is 19.0 Å². The number of hydrogen-bond acceptors (Lipinski definition) is 5. The summed E-state index contributed by atoms with van der Waals surface area (Å²) in [6.07, 6.45) is 1.43. The number of ether oxygens (including phenoxy) is 3. The van der Waals surface area contributed by atoms with E-state index in [-0.39, 0.29) is 12.2 Å². The van der Waals surface area contributed by atoms with Crippen molar-refractivity contribution in [2.45, 2.75) is 6.92 Å². The van der Waals surface area contributed by atoms with Crippen LogP contribution in [0.5, 0.6) is 11.5 Å². The van der Waals surface area contributed by atoms with Crippen LogP contribution in [0.1, 0.15) is 12.5 Å². The molecule has 0 spiro atoms. The van der Waals surface area contributed by atoms with Crippen molar-refractivity contribution in [2.24, 2.45) is 0 Å². The van der Waals surface area contributed by atoms with Crippen LogP contribution >= 0.6 is 0 Å². The molecule has 0 saturated heterocycles. The molecule has 5 heteroatoms. The monoisotopic (exact) mass is 261 g/mol. The first-order valence-electron chi connectivity index (χ1n) is 5.66. The number of nitriles is 1. The third kappa shape index (κ3) is 4.03. The molecule has 0 amide bonds. The van der Waals surface area contributed by atoms with E-state index in [1.807, 2.05) is 6.07 Å². The highest BCUT2D eigenvalue weighted by molar-refractivity contribution is 5.97. The Morgan fingerprint density at radius 2 is 1.84 bits per heavy atom. The summed E-state index contributed by atoms with van der Waals surface area (Å²) in [4.78, 5) is 11.5. The van der Waals surface area contributed by atoms with E-state index in [2.05, 4.69) is 0 Å². The third-order valence-corrected chi connectivity index (χ3v) is 2.30. The lowest BCUT2D eigenvalue weighted by molar-refractivity contribution is -0.137. The van der Waals surface area contributed by atoms with E-state index >= 15 is 0 Å². The molecule has 0 aliphatic heterocycles. The Morgan fingerprint density at radius 3 is 2.26 bits per heavy atom. The minimum atomic E-state index is -0.646. The SMILES string of the molecule is CCOC(=O)/C(C#N)=C\c1cc(OC)cc(OC)c1. The number of benzene rings is 1. The number of carbonyl (C=O) groups excluding carboxylic acids is 1. The summed E-state index contributed by atoms with van der Waals surface area (Å²) < 4.78 is 15.0. The number of nitrogens with zero attached hydrogens (tertiary/aromatic N) is 1. The molecule has 0 atom stereocenters. The smallest absolute Gasteiger partial charge is 0.348 e. The molecule has 0 aliphatic carbocycles. The normalized spacial score (nSPS) is 10.5. The molecular weight excluding hydrogens is 246 g/mol. The lowest BCUT2D eigenvalue weighted by Crippen LogP contribution is -2.06. The highest BCUT2D eigenvalue weighted by atomic mass is 16.5. The summed E-state index contributed by atoms with van der Waals surface area (Å²) in [7, 11) is 3.05. The standard InChI is InChI=1S/C14H15NO4/c1-4-19-14(16)11(9-15)5-10-6-12(17-2)8-13(7-10)18-3/h5-8H,4H2,1-3H3/b11-5-. The maximum absolute atomic E-state index is 11.5. The summed E-state index contributed by atoms with van der Waals surface area (Å²) in [6.45, 7) is 1.90. The minimum absolute atomic E-state index is 0.0721. The van der Waals surface area contributed by atoms with Gasteiger partial charge in [-0.2, -0.15) is 5.26 Å². The van der Waals surface area contributed by atoms with Crippen LogP contribution in [0.15, 0.2) is 23.8 Å². The van der Waals surface area contributed by atoms with Crippen LogP contribution in [0.3, 0.4) is 0 Å². The Bertz CT molecular complexity index is 506. The first kappa shape index (κ1) is 14.6. The molecule has 19 heavy (non-hydrogen) atoms. The maximum atomic E-state index is 11.5. The van der Waals surface area contributed by atoms with Crippen LogP contribution in [0.4, 0.5) is 0 Å². The first-order valence-corrected chi connectivity index (χ1v) is 5.66. The van der Waals surface area contributed by atoms with Crippen molar-refractivity contribution in [2.75, 3.05) is 20.8 Å². The molecule has 1 rings (SSSR count). The van der Waals surface area contributed by atoms with Crippen molar-refractivity contribution in [3.63, 3.8) is 0 Å². The van der Waals surface area contributed by atoms with Crippen LogP contribution in [-0.2, 0) is 9.53 Å². The number of rotatable bonds is 5. The lowest BCUT2D eigenvalue weighted by Gasteiger charge is -2.06. The predicted octanol–water partition coefficient (Wildman–Crippen LogP) is 2.17. The largest absolute Gasteiger partial charge is 0.497 e. The second-order valence-corrected chi connectivity index (χ2v) is 3.54. The molecule has 0 bridgehead atoms. The van der Waals surface area contributed by atoms with Crippen molar-refractivity contribution in [1.82, 2.24) is 0 Å². The van der Waals surface area contributed by atoms with Crippen LogP contribution in [-0.4, -0.2) is 26.8 Å². The van der Waals surface area contributed by atoms with Gasteiger partial charge in [0.05, 0.1) is 20.8 Å². The molecule has 0 N–H and O–H groups in total. The lowest BCUT2D eigenvalue weighted by atomic mass is 10.1. The van der Waals surface area contributed by atoms with E-state index in [1.165, 1.54) is 20.3 Å². The third-order valence-electron chi connectivity index (χ3n) is 2.30. The molecule has 1 aromatic rings. The van der Waals surface area contributed by atoms with Crippen LogP contribution in [0.2, 0.25) is 0 Å². The molecule has 5 nitrogen and oxygen atoms in total. The van der Waals surface area contributed by atoms with Gasteiger partial charge >= 0.3 is 5.97 Å². The fourth-order valence-electron chi connectivity index (χ4n) is 1.43. The van der Waals surface area contributed by atoms with Crippen LogP contribution < -0.4 is 9.47 Å². The molecule has 0 aromatic heterocycles. The van der Waals surface area contributed by atoms with Crippen molar-refractivity contribution >= 4 is 12.0 Å². The zero-order valence-electron chi connectivity index (χ0n) is 11.1. The summed E-state index contributed by atoms with van der Waals surface area (Å²) in [5, 5.41) is 8.96. The summed E-state index contributed by atoms with van der Waals surface area (Å²) in [5.41, 5.74) is 0.554. The van der Waals surface area contributed by atoms with Crippen LogP contribution in [0.25, 0.3) is 6.08 Å². The van der Waals surface area contributed by atoms with E-state index in [0.29, 0.717) is 17.1 Å². The molecule has 100 valence electrons. The van der Waals surface area contributed by atoms with Crippen molar-refractivity contribution in [3.8, 4) is 17.6 Å². The fraction of sp³-hybridized carbons (Fsp3) is 0.286. The summed E-state index contributed by atoms with van der Waals surface area (Å²) in [6, 6.07) is 6.90. The average molecular weight is 261 g/mol. The molecular formula is C14H15NO4. The second kappa shape index (κ2) is 7.07. The van der Waals surface area contributed by atoms with E-state index in [0.717, 1.165) is 0 Å². The van der Waals surface area contributed by atoms with Gasteiger partial charge in [0.1, 0.15) is 23.1 Å². The van der Waals surface area contributed by atoms with Gasteiger partial charge in [-0.1, -0.05) is 0 Å². The van der Waals surface area contributed by atoms with E-state index in [4.69, 9.17) is 19.5 Å². The zero-order chi connectivity index (χ0) is 14.3. The van der Waals surface area contributed by atoms with Crippen LogP contribution in [0, 0.1) is 11.3 Å². The fourth-order valence-corrected chi connectivity index (χ4v) is 1.43. The van der Waals surface area contributed by atoms with Gasteiger partial charge in [0.25, 0.3) is 0 Å². The topological polar surface area (TPSA) is 68.6 Å². The number of methoxy groups -OCH3 is 2. The molecule has 0 unspecified atom stereocenters. The van der Waals surface area contributed by atoms with E-state index in [9.17, 15) is 4.79 Å². The first-order chi connectivity index (χ1) is 9.14. The second-order valence-electron chi connectivity index (χ2n) is 3.54. The summed E-state index contributed by atoms with van der Waals surface area (Å²) in [5.74, 6) is 0.505. The van der Waals surface area contributed by atoms with E-state index in [1.54, 1.807) is 25.1 Å². The Balaban J connectivity index is 3.14. The van der Waals surface area contributed by atoms with Gasteiger partial charge < -0.3 is 14.2 Å². The molecule has 0 fully saturated rings. The molecule has 0 radical (unpaired) electrons. The molecule has 1 aromatic carbocycles. The quantitative estimate of drug-likeness (QED) is 0.461. The number of esters is 1. The van der Waals surface area contributed by atoms with Gasteiger partial charge in [-0.3, -0.25) is 0 Å². The van der Waals surface area contributed by atoms with Gasteiger partial charge in [0.15, 0.2) is 0 Å². The zero-order valence-corrected chi connectivity index (χ0v) is 11.1. The van der Waals surface area contributed by atoms with Gasteiger partial charge in [-0.05, 0) is 30.7 Å². The molecule has 0 saturated carbocycles. The molecule has 0 aliphatic rings. The van der Waals surface area contributed by atoms with Gasteiger partial charge in [-0.25, -0.2) is 4.79 Å². The Labute approximate surface area is 112 Å². The maximum Gasteiger partial charge on any atom is 0.348 e. The Kier molecular flexibility index (Phi) is 5.42. The highest BCUT2D eigenvalue weighted by Gasteiger charge is 2.10. The van der Waals surface area contributed by atoms with E-state index < -0.39 is 5.97 Å². The van der Waals surface area contributed by atoms with Gasteiger partial charge in [-0.15, -0.1) is 0 Å². The Morgan fingerprint density at radius 1 is 1.26 bits per heavy atom. The number of hydrogen-bond donors (Lipinski definition) is 0. The molecule has 0 heterocycles.